The molecule has 4 aromatic heterocycles. The molecule has 0 fully saturated rings. The molecule has 290 valence electrons. The number of ether oxygens (including phenoxy) is 2. The van der Waals surface area contributed by atoms with Crippen LogP contribution in [0.15, 0.2) is 97.8 Å². The van der Waals surface area contributed by atoms with Gasteiger partial charge in [0, 0.05) is 35.4 Å². The molecule has 0 aliphatic rings. The molecule has 0 spiro atoms. The van der Waals surface area contributed by atoms with Crippen molar-refractivity contribution in [2.45, 2.75) is 54.4 Å². The van der Waals surface area contributed by atoms with E-state index in [0.29, 0.717) is 40.8 Å². The minimum atomic E-state index is 0. The van der Waals surface area contributed by atoms with E-state index in [-0.39, 0.29) is 42.1 Å². The van der Waals surface area contributed by atoms with Crippen molar-refractivity contribution < 1.29 is 51.6 Å². The van der Waals surface area contributed by atoms with Gasteiger partial charge in [0.1, 0.15) is 12.7 Å². The van der Waals surface area contributed by atoms with Crippen LogP contribution in [0.1, 0.15) is 49.9 Å². The van der Waals surface area contributed by atoms with Crippen LogP contribution in [0.2, 0.25) is 0 Å². The van der Waals surface area contributed by atoms with Gasteiger partial charge in [-0.15, -0.1) is 59.7 Å². The van der Waals surface area contributed by atoms with Crippen molar-refractivity contribution in [1.29, 1.82) is 0 Å². The summed E-state index contributed by atoms with van der Waals surface area (Å²) in [5.74, 6) is 3.63. The maximum absolute atomic E-state index is 6.65. The minimum Gasteiger partial charge on any atom is -0.503 e. The monoisotopic (exact) mass is 1110 g/mol. The molecule has 0 radical (unpaired) electrons. The second kappa shape index (κ2) is 18.0. The Kier molecular flexibility index (Phi) is 13.2. The van der Waals surface area contributed by atoms with E-state index in [9.17, 15) is 0 Å². The number of hydrogen-bond acceptors (Lipinski definition) is 7. The van der Waals surface area contributed by atoms with Crippen molar-refractivity contribution in [3.63, 3.8) is 0 Å². The Morgan fingerprint density at radius 3 is 1.44 bits per heavy atom. The average Bonchev–Trinajstić information content (AvgIpc) is 3.49. The van der Waals surface area contributed by atoms with Gasteiger partial charge in [-0.25, -0.2) is 15.0 Å². The Labute approximate surface area is 362 Å². The molecule has 0 N–H and O–H groups in total. The van der Waals surface area contributed by atoms with E-state index >= 15 is 0 Å². The van der Waals surface area contributed by atoms with Gasteiger partial charge in [-0.05, 0) is 37.4 Å². The molecule has 0 aliphatic heterocycles. The van der Waals surface area contributed by atoms with Crippen LogP contribution in [-0.4, -0.2) is 29.5 Å². The van der Waals surface area contributed by atoms with Crippen LogP contribution in [0.3, 0.4) is 0 Å². The standard InChI is InChI=1S/C47H40N6O2.2Pt/c1-29(2)19-35-9-7-33(41-21-31(5)15-17-49-41)23-45(35)54-37-11-13-39-40-14-12-38(26-44(40)53(43(39)25-37)47-51-27-48-28-52-47)55-46-24-34(8-10-36(46)20-30(3)4)42-22-32(6)16-18-50-42;;/h7-18,21-22,27-30H,19-20H2,1-6H3;;/q-4;2*+2. The van der Waals surface area contributed by atoms with Gasteiger partial charge in [-0.1, -0.05) is 110 Å². The average molecular weight is 1110 g/mol. The van der Waals surface area contributed by atoms with Crippen LogP contribution in [0.5, 0.6) is 23.0 Å². The van der Waals surface area contributed by atoms with Crippen LogP contribution in [-0.2, 0) is 55.0 Å². The molecule has 0 saturated heterocycles. The molecule has 0 unspecified atom stereocenters. The van der Waals surface area contributed by atoms with E-state index in [2.05, 4.69) is 127 Å². The fraction of sp³-hybridized carbons (Fsp3) is 0.213. The van der Waals surface area contributed by atoms with Gasteiger partial charge in [0.25, 0.3) is 0 Å². The van der Waals surface area contributed by atoms with Gasteiger partial charge in [0.15, 0.2) is 0 Å². The molecule has 0 aliphatic carbocycles. The first-order valence-electron chi connectivity index (χ1n) is 18.6. The molecule has 10 heteroatoms. The zero-order valence-corrected chi connectivity index (χ0v) is 37.0. The Balaban J connectivity index is 0.00000275. The topological polar surface area (TPSA) is 87.8 Å². The third-order valence-electron chi connectivity index (χ3n) is 9.26. The van der Waals surface area contributed by atoms with Crippen molar-refractivity contribution in [1.82, 2.24) is 29.5 Å². The molecule has 0 bridgehead atoms. The van der Waals surface area contributed by atoms with E-state index in [4.69, 9.17) is 9.47 Å². The van der Waals surface area contributed by atoms with Gasteiger partial charge < -0.3 is 24.0 Å². The Morgan fingerprint density at radius 2 is 1.02 bits per heavy atom. The van der Waals surface area contributed by atoms with Crippen LogP contribution >= 0.6 is 0 Å². The molecule has 0 atom stereocenters. The second-order valence-electron chi connectivity index (χ2n) is 14.7. The summed E-state index contributed by atoms with van der Waals surface area (Å²) in [5, 5.41) is 1.88. The number of rotatable bonds is 11. The summed E-state index contributed by atoms with van der Waals surface area (Å²) < 4.78 is 15.2. The zero-order valence-electron chi connectivity index (χ0n) is 32.4. The molecule has 0 saturated carbocycles. The molecule has 4 heterocycles. The quantitative estimate of drug-likeness (QED) is 0.119. The summed E-state index contributed by atoms with van der Waals surface area (Å²) in [7, 11) is 0. The third kappa shape index (κ3) is 9.25. The van der Waals surface area contributed by atoms with E-state index in [1.807, 2.05) is 53.4 Å². The van der Waals surface area contributed by atoms with Crippen molar-refractivity contribution in [2.75, 3.05) is 0 Å². The summed E-state index contributed by atoms with van der Waals surface area (Å²) in [4.78, 5) is 22.4. The van der Waals surface area contributed by atoms with E-state index in [1.54, 1.807) is 0 Å². The summed E-state index contributed by atoms with van der Waals surface area (Å²) in [6, 6.07) is 38.5. The van der Waals surface area contributed by atoms with Crippen molar-refractivity contribution in [3.8, 4) is 51.5 Å². The smallest absolute Gasteiger partial charge is 0.503 e. The zero-order chi connectivity index (χ0) is 38.1. The van der Waals surface area contributed by atoms with Crippen LogP contribution in [0.4, 0.5) is 0 Å². The molecular weight excluding hydrogens is 1070 g/mol. The first-order valence-corrected chi connectivity index (χ1v) is 18.6. The maximum Gasteiger partial charge on any atom is 2.00 e. The van der Waals surface area contributed by atoms with Gasteiger partial charge in [-0.3, -0.25) is 0 Å². The largest absolute Gasteiger partial charge is 2.00 e. The number of benzene rings is 4. The van der Waals surface area contributed by atoms with Crippen LogP contribution in [0.25, 0.3) is 50.3 Å². The molecular formula is C47H40N6O2Pt2. The van der Waals surface area contributed by atoms with Gasteiger partial charge >= 0.3 is 42.1 Å². The normalized spacial score (nSPS) is 11.2. The summed E-state index contributed by atoms with van der Waals surface area (Å²) in [6.45, 7) is 12.9. The number of pyridine rings is 2. The van der Waals surface area contributed by atoms with Gasteiger partial charge in [0.2, 0.25) is 5.95 Å². The Hall–Kier alpha value is -5.03. The van der Waals surface area contributed by atoms with Gasteiger partial charge in [0.05, 0.1) is 0 Å². The second-order valence-corrected chi connectivity index (χ2v) is 14.7. The van der Waals surface area contributed by atoms with Crippen molar-refractivity contribution in [3.05, 3.63) is 144 Å². The maximum atomic E-state index is 6.65. The Morgan fingerprint density at radius 1 is 0.561 bits per heavy atom. The van der Waals surface area contributed by atoms with E-state index in [1.165, 1.54) is 12.7 Å². The summed E-state index contributed by atoms with van der Waals surface area (Å²) in [6.07, 6.45) is 8.27. The minimum absolute atomic E-state index is 0. The predicted octanol–water partition coefficient (Wildman–Crippen LogP) is 10.9. The molecule has 0 amide bonds. The van der Waals surface area contributed by atoms with Crippen molar-refractivity contribution in [2.24, 2.45) is 11.8 Å². The number of nitrogens with zero attached hydrogens (tertiary/aromatic N) is 6. The fourth-order valence-corrected chi connectivity index (χ4v) is 6.77. The van der Waals surface area contributed by atoms with E-state index in [0.717, 1.165) is 79.4 Å². The molecule has 57 heavy (non-hydrogen) atoms. The number of fused-ring (bicyclic) bond motifs is 3. The SMILES string of the molecule is Cc1ccnc(-c2[c-]c(Oc3[c-]c4c(cc3)c3ccc(Oc5[c-]c(-c6cc(C)ccn6)ccc5CC(C)C)[c-]c3n4-c3ncncn3)c(CC(C)C)cc2)c1.[Pt+2].[Pt+2]. The molecule has 8 aromatic rings. The van der Waals surface area contributed by atoms with Crippen LogP contribution in [0, 0.1) is 49.9 Å². The van der Waals surface area contributed by atoms with Crippen molar-refractivity contribution >= 4 is 21.8 Å². The number of aromatic nitrogens is 6. The third-order valence-corrected chi connectivity index (χ3v) is 9.26. The Bertz CT molecular complexity index is 2500. The van der Waals surface area contributed by atoms with Gasteiger partial charge in [-0.2, -0.15) is 22.9 Å². The predicted molar refractivity (Wildman–Crippen MR) is 216 cm³/mol. The summed E-state index contributed by atoms with van der Waals surface area (Å²) in [5.41, 5.74) is 9.25. The molecule has 4 aromatic carbocycles. The summed E-state index contributed by atoms with van der Waals surface area (Å²) >= 11 is 0. The first-order chi connectivity index (χ1) is 26.7. The number of hydrogen-bond donors (Lipinski definition) is 0. The van der Waals surface area contributed by atoms with Crippen LogP contribution < -0.4 is 9.47 Å². The fourth-order valence-electron chi connectivity index (χ4n) is 6.77. The first kappa shape index (κ1) is 41.6. The number of aryl methyl sites for hydroxylation is 2. The van der Waals surface area contributed by atoms with E-state index < -0.39 is 0 Å². The molecule has 8 rings (SSSR count). The molecule has 8 nitrogen and oxygen atoms in total.